The number of fused-ring (bicyclic) bond motifs is 1. The second-order valence-corrected chi connectivity index (χ2v) is 8.80. The first-order valence-corrected chi connectivity index (χ1v) is 11.0. The van der Waals surface area contributed by atoms with E-state index < -0.39 is 28.0 Å². The number of anilines is 1. The highest BCUT2D eigenvalue weighted by molar-refractivity contribution is 7.89. The van der Waals surface area contributed by atoms with Crippen LogP contribution in [-0.4, -0.2) is 42.4 Å². The summed E-state index contributed by atoms with van der Waals surface area (Å²) in [6.07, 6.45) is 0.186. The molecule has 1 amide bonds. The van der Waals surface area contributed by atoms with Crippen LogP contribution in [-0.2, 0) is 19.6 Å². The fraction of sp³-hybridized carbons (Fsp3) is 0.238. The largest absolute Gasteiger partial charge is 0.448 e. The summed E-state index contributed by atoms with van der Waals surface area (Å²) in [5.74, 6) is -1.35. The monoisotopic (exact) mass is 442 g/mol. The van der Waals surface area contributed by atoms with Crippen LogP contribution in [0.4, 0.5) is 5.69 Å². The van der Waals surface area contributed by atoms with Gasteiger partial charge in [-0.05, 0) is 57.2 Å². The van der Waals surface area contributed by atoms with E-state index in [1.807, 2.05) is 6.07 Å². The number of aromatic nitrogens is 2. The molecule has 31 heavy (non-hydrogen) atoms. The number of carbonyl (C=O) groups is 2. The number of amides is 1. The maximum atomic E-state index is 12.4. The van der Waals surface area contributed by atoms with Gasteiger partial charge in [0.05, 0.1) is 22.1 Å². The minimum atomic E-state index is -3.63. The summed E-state index contributed by atoms with van der Waals surface area (Å²) in [7, 11) is -3.63. The zero-order chi connectivity index (χ0) is 22.6. The lowest BCUT2D eigenvalue weighted by Gasteiger charge is -2.14. The molecule has 0 aliphatic carbocycles. The maximum Gasteiger partial charge on any atom is 0.359 e. The smallest absolute Gasteiger partial charge is 0.359 e. The van der Waals surface area contributed by atoms with E-state index in [-0.39, 0.29) is 16.6 Å². The molecule has 3 aromatic rings. The van der Waals surface area contributed by atoms with Crippen LogP contribution in [0.15, 0.2) is 59.6 Å². The number of hydrogen-bond acceptors (Lipinski definition) is 7. The van der Waals surface area contributed by atoms with Crippen molar-refractivity contribution < 1.29 is 22.7 Å². The van der Waals surface area contributed by atoms with Gasteiger partial charge >= 0.3 is 5.97 Å². The number of carbonyl (C=O) groups excluding carboxylic acids is 2. The SMILES string of the molecule is CC(C)NS(=O)(=O)c1ccc(NC(=O)[C@@H](C)OC(=O)c2cnc3ccccc3n2)cc1. The number of nitrogens with zero attached hydrogens (tertiary/aromatic N) is 2. The van der Waals surface area contributed by atoms with Gasteiger partial charge in [-0.25, -0.2) is 22.9 Å². The van der Waals surface area contributed by atoms with Gasteiger partial charge in [0, 0.05) is 11.7 Å². The zero-order valence-corrected chi connectivity index (χ0v) is 18.0. The van der Waals surface area contributed by atoms with E-state index >= 15 is 0 Å². The molecular weight excluding hydrogens is 420 g/mol. The van der Waals surface area contributed by atoms with Crippen molar-refractivity contribution in [1.82, 2.24) is 14.7 Å². The van der Waals surface area contributed by atoms with Crippen LogP contribution in [0.5, 0.6) is 0 Å². The van der Waals surface area contributed by atoms with E-state index in [9.17, 15) is 18.0 Å². The number of esters is 1. The molecule has 2 aromatic carbocycles. The summed E-state index contributed by atoms with van der Waals surface area (Å²) in [6, 6.07) is 12.5. The Bertz CT molecular complexity index is 1210. The van der Waals surface area contributed by atoms with Gasteiger partial charge in [0.25, 0.3) is 5.91 Å². The van der Waals surface area contributed by atoms with E-state index in [0.717, 1.165) is 0 Å². The predicted octanol–water partition coefficient (Wildman–Crippen LogP) is 2.50. The Labute approximate surface area is 179 Å². The lowest BCUT2D eigenvalue weighted by Crippen LogP contribution is -2.31. The van der Waals surface area contributed by atoms with Gasteiger partial charge in [-0.1, -0.05) is 12.1 Å². The third kappa shape index (κ3) is 5.62. The molecule has 162 valence electrons. The van der Waals surface area contributed by atoms with Crippen LogP contribution >= 0.6 is 0 Å². The minimum absolute atomic E-state index is 0.00874. The molecule has 0 saturated heterocycles. The first-order valence-electron chi connectivity index (χ1n) is 9.52. The van der Waals surface area contributed by atoms with E-state index in [4.69, 9.17) is 4.74 Å². The average Bonchev–Trinajstić information content (AvgIpc) is 2.72. The molecule has 1 atom stereocenters. The third-order valence-corrected chi connectivity index (χ3v) is 5.81. The first-order chi connectivity index (χ1) is 14.7. The van der Waals surface area contributed by atoms with Gasteiger partial charge in [0.1, 0.15) is 0 Å². The van der Waals surface area contributed by atoms with Crippen LogP contribution in [0.3, 0.4) is 0 Å². The molecule has 0 unspecified atom stereocenters. The van der Waals surface area contributed by atoms with Crippen molar-refractivity contribution >= 4 is 38.6 Å². The molecule has 9 nitrogen and oxygen atoms in total. The molecule has 0 radical (unpaired) electrons. The lowest BCUT2D eigenvalue weighted by atomic mass is 10.3. The molecule has 2 N–H and O–H groups in total. The molecule has 1 heterocycles. The van der Waals surface area contributed by atoms with Crippen LogP contribution < -0.4 is 10.0 Å². The molecular formula is C21H22N4O5S. The van der Waals surface area contributed by atoms with Crippen molar-refractivity contribution in [2.24, 2.45) is 0 Å². The van der Waals surface area contributed by atoms with Crippen molar-refractivity contribution in [1.29, 1.82) is 0 Å². The number of benzene rings is 2. The molecule has 0 fully saturated rings. The molecule has 3 rings (SSSR count). The zero-order valence-electron chi connectivity index (χ0n) is 17.2. The summed E-state index contributed by atoms with van der Waals surface area (Å²) >= 11 is 0. The van der Waals surface area contributed by atoms with E-state index in [1.165, 1.54) is 37.4 Å². The van der Waals surface area contributed by atoms with Crippen molar-refractivity contribution in [2.75, 3.05) is 5.32 Å². The second kappa shape index (κ2) is 9.19. The third-order valence-electron chi connectivity index (χ3n) is 4.13. The Kier molecular flexibility index (Phi) is 6.62. The summed E-state index contributed by atoms with van der Waals surface area (Å²) in [4.78, 5) is 33.1. The molecule has 1 aromatic heterocycles. The van der Waals surface area contributed by atoms with E-state index in [2.05, 4.69) is 20.0 Å². The Morgan fingerprint density at radius 3 is 2.26 bits per heavy atom. The quantitative estimate of drug-likeness (QED) is 0.538. The maximum absolute atomic E-state index is 12.4. The highest BCUT2D eigenvalue weighted by Crippen LogP contribution is 2.15. The van der Waals surface area contributed by atoms with Gasteiger partial charge in [0.2, 0.25) is 10.0 Å². The number of rotatable bonds is 7. The number of para-hydroxylation sites is 2. The average molecular weight is 442 g/mol. The summed E-state index contributed by atoms with van der Waals surface area (Å²) in [5.41, 5.74) is 1.53. The number of sulfonamides is 1. The Hall–Kier alpha value is -3.37. The minimum Gasteiger partial charge on any atom is -0.448 e. The van der Waals surface area contributed by atoms with Crippen LogP contribution in [0.2, 0.25) is 0 Å². The Morgan fingerprint density at radius 1 is 0.968 bits per heavy atom. The van der Waals surface area contributed by atoms with Crippen molar-refractivity contribution in [3.8, 4) is 0 Å². The number of nitrogens with one attached hydrogen (secondary N) is 2. The fourth-order valence-electron chi connectivity index (χ4n) is 2.67. The van der Waals surface area contributed by atoms with Gasteiger partial charge < -0.3 is 10.1 Å². The van der Waals surface area contributed by atoms with Crippen molar-refractivity contribution in [3.63, 3.8) is 0 Å². The highest BCUT2D eigenvalue weighted by atomic mass is 32.2. The first kappa shape index (κ1) is 22.3. The highest BCUT2D eigenvalue weighted by Gasteiger charge is 2.21. The van der Waals surface area contributed by atoms with Gasteiger partial charge in [-0.3, -0.25) is 9.78 Å². The molecule has 0 spiro atoms. The Balaban J connectivity index is 1.62. The Morgan fingerprint density at radius 2 is 1.61 bits per heavy atom. The molecule has 10 heteroatoms. The lowest BCUT2D eigenvalue weighted by molar-refractivity contribution is -0.123. The predicted molar refractivity (Wildman–Crippen MR) is 115 cm³/mol. The van der Waals surface area contributed by atoms with Crippen molar-refractivity contribution in [2.45, 2.75) is 37.8 Å². The second-order valence-electron chi connectivity index (χ2n) is 7.08. The van der Waals surface area contributed by atoms with Crippen molar-refractivity contribution in [3.05, 3.63) is 60.4 Å². The van der Waals surface area contributed by atoms with E-state index in [0.29, 0.717) is 16.7 Å². The van der Waals surface area contributed by atoms with Crippen LogP contribution in [0, 0.1) is 0 Å². The van der Waals surface area contributed by atoms with E-state index in [1.54, 1.807) is 32.0 Å². The molecule has 0 aliphatic heterocycles. The topological polar surface area (TPSA) is 127 Å². The molecule has 0 aliphatic rings. The summed E-state index contributed by atoms with van der Waals surface area (Å²) < 4.78 is 32.0. The number of ether oxygens (including phenoxy) is 1. The molecule has 0 bridgehead atoms. The van der Waals surface area contributed by atoms with Crippen LogP contribution in [0.1, 0.15) is 31.3 Å². The van der Waals surface area contributed by atoms with Gasteiger partial charge in [-0.15, -0.1) is 0 Å². The summed E-state index contributed by atoms with van der Waals surface area (Å²) in [5, 5.41) is 2.58. The summed E-state index contributed by atoms with van der Waals surface area (Å²) in [6.45, 7) is 4.86. The molecule has 0 saturated carbocycles. The van der Waals surface area contributed by atoms with Crippen LogP contribution in [0.25, 0.3) is 11.0 Å². The standard InChI is InChI=1S/C21H22N4O5S/c1-13(2)25-31(28,29)16-10-8-15(9-11-16)23-20(26)14(3)30-21(27)19-12-22-17-6-4-5-7-18(17)24-19/h4-14,25H,1-3H3,(H,23,26)/t14-/m1/s1. The van der Waals surface area contributed by atoms with Gasteiger partial charge in [0.15, 0.2) is 11.8 Å². The number of hydrogen-bond donors (Lipinski definition) is 2. The van der Waals surface area contributed by atoms with Gasteiger partial charge in [-0.2, -0.15) is 0 Å². The fourth-order valence-corrected chi connectivity index (χ4v) is 3.92. The normalized spacial score (nSPS) is 12.5.